The van der Waals surface area contributed by atoms with E-state index in [9.17, 15) is 9.59 Å². The number of aromatic nitrogens is 4. The standard InChI is InChI=1S/C23H31N5O2/c1-5-18-12-8-9-13-27(18)15-19-24-21-20(22(29)26(4)23(30)25(21)3)28(19)14-17-11-7-6-10-16(17)2/h6-7,10-11,18H,5,8-9,12-15H2,1-4H3/t18-/m0/s1. The molecule has 1 fully saturated rings. The van der Waals surface area contributed by atoms with Gasteiger partial charge in [-0.25, -0.2) is 9.78 Å². The molecule has 0 radical (unpaired) electrons. The van der Waals surface area contributed by atoms with E-state index < -0.39 is 0 Å². The van der Waals surface area contributed by atoms with Crippen LogP contribution in [0.25, 0.3) is 11.2 Å². The lowest BCUT2D eigenvalue weighted by molar-refractivity contribution is 0.131. The molecule has 0 spiro atoms. The molecule has 3 aromatic rings. The van der Waals surface area contributed by atoms with Crippen LogP contribution in [0.3, 0.4) is 0 Å². The molecule has 4 rings (SSSR count). The zero-order valence-corrected chi connectivity index (χ0v) is 18.4. The van der Waals surface area contributed by atoms with Crippen LogP contribution in [-0.4, -0.2) is 36.2 Å². The number of likely N-dealkylation sites (tertiary alicyclic amines) is 1. The zero-order valence-electron chi connectivity index (χ0n) is 18.4. The minimum Gasteiger partial charge on any atom is -0.317 e. The summed E-state index contributed by atoms with van der Waals surface area (Å²) in [6, 6.07) is 8.75. The summed E-state index contributed by atoms with van der Waals surface area (Å²) in [5.41, 5.74) is 2.67. The van der Waals surface area contributed by atoms with Crippen molar-refractivity contribution in [3.05, 3.63) is 62.1 Å². The van der Waals surface area contributed by atoms with Crippen molar-refractivity contribution in [2.24, 2.45) is 14.1 Å². The molecule has 30 heavy (non-hydrogen) atoms. The van der Waals surface area contributed by atoms with E-state index in [1.165, 1.54) is 41.0 Å². The number of rotatable bonds is 5. The van der Waals surface area contributed by atoms with Gasteiger partial charge < -0.3 is 4.57 Å². The Morgan fingerprint density at radius 2 is 1.83 bits per heavy atom. The largest absolute Gasteiger partial charge is 0.332 e. The van der Waals surface area contributed by atoms with Crippen LogP contribution in [0.4, 0.5) is 0 Å². The fraction of sp³-hybridized carbons (Fsp3) is 0.522. The number of aryl methyl sites for hydroxylation is 2. The molecule has 7 heteroatoms. The van der Waals surface area contributed by atoms with Gasteiger partial charge in [-0.15, -0.1) is 0 Å². The van der Waals surface area contributed by atoms with Crippen LogP contribution < -0.4 is 11.2 Å². The Bertz CT molecular complexity index is 1190. The van der Waals surface area contributed by atoms with Crippen LogP contribution in [0.1, 0.15) is 49.6 Å². The average Bonchev–Trinajstić information content (AvgIpc) is 3.10. The average molecular weight is 410 g/mol. The molecule has 1 saturated heterocycles. The first-order chi connectivity index (χ1) is 14.4. The van der Waals surface area contributed by atoms with Gasteiger partial charge in [0.05, 0.1) is 6.54 Å². The summed E-state index contributed by atoms with van der Waals surface area (Å²) in [5.74, 6) is 0.854. The minimum atomic E-state index is -0.344. The summed E-state index contributed by atoms with van der Waals surface area (Å²) in [4.78, 5) is 32.9. The van der Waals surface area contributed by atoms with Gasteiger partial charge in [-0.1, -0.05) is 37.6 Å². The maximum absolute atomic E-state index is 13.1. The van der Waals surface area contributed by atoms with E-state index in [1.54, 1.807) is 7.05 Å². The van der Waals surface area contributed by atoms with Gasteiger partial charge in [0.15, 0.2) is 11.2 Å². The molecule has 3 heterocycles. The van der Waals surface area contributed by atoms with Crippen molar-refractivity contribution in [3.8, 4) is 0 Å². The predicted molar refractivity (Wildman–Crippen MR) is 119 cm³/mol. The number of hydrogen-bond donors (Lipinski definition) is 0. The highest BCUT2D eigenvalue weighted by molar-refractivity contribution is 5.71. The van der Waals surface area contributed by atoms with Gasteiger partial charge in [0.2, 0.25) is 0 Å². The lowest BCUT2D eigenvalue weighted by atomic mass is 10.00. The molecule has 1 aliphatic rings. The Morgan fingerprint density at radius 3 is 2.57 bits per heavy atom. The third-order valence-electron chi connectivity index (χ3n) is 6.58. The lowest BCUT2D eigenvalue weighted by Gasteiger charge is -2.34. The third-order valence-corrected chi connectivity index (χ3v) is 6.58. The Labute approximate surface area is 176 Å². The molecular weight excluding hydrogens is 378 g/mol. The maximum atomic E-state index is 13.1. The Kier molecular flexibility index (Phi) is 5.64. The van der Waals surface area contributed by atoms with Crippen LogP contribution in [0.15, 0.2) is 33.9 Å². The van der Waals surface area contributed by atoms with E-state index in [1.807, 2.05) is 16.7 Å². The molecule has 0 saturated carbocycles. The molecule has 1 aromatic carbocycles. The molecule has 2 aromatic heterocycles. The van der Waals surface area contributed by atoms with E-state index in [0.717, 1.165) is 24.4 Å². The molecular formula is C23H31N5O2. The molecule has 7 nitrogen and oxygen atoms in total. The number of nitrogens with zero attached hydrogens (tertiary/aromatic N) is 5. The maximum Gasteiger partial charge on any atom is 0.332 e. The van der Waals surface area contributed by atoms with Gasteiger partial charge in [0, 0.05) is 26.7 Å². The second kappa shape index (κ2) is 8.22. The Morgan fingerprint density at radius 1 is 1.07 bits per heavy atom. The first-order valence-corrected chi connectivity index (χ1v) is 10.9. The minimum absolute atomic E-state index is 0.286. The van der Waals surface area contributed by atoms with Crippen LogP contribution in [0, 0.1) is 6.92 Å². The van der Waals surface area contributed by atoms with Gasteiger partial charge in [-0.2, -0.15) is 0 Å². The van der Waals surface area contributed by atoms with Gasteiger partial charge in [-0.3, -0.25) is 18.8 Å². The van der Waals surface area contributed by atoms with Crippen LogP contribution >= 0.6 is 0 Å². The summed E-state index contributed by atoms with van der Waals surface area (Å²) in [6.07, 6.45) is 4.77. The SMILES string of the molecule is CC[C@H]1CCCCN1Cc1nc2c(c(=O)n(C)c(=O)n2C)n1Cc1ccccc1C. The van der Waals surface area contributed by atoms with Crippen LogP contribution in [0.5, 0.6) is 0 Å². The second-order valence-electron chi connectivity index (χ2n) is 8.45. The summed E-state index contributed by atoms with van der Waals surface area (Å²) < 4.78 is 4.70. The quantitative estimate of drug-likeness (QED) is 0.650. The summed E-state index contributed by atoms with van der Waals surface area (Å²) in [7, 11) is 3.22. The first-order valence-electron chi connectivity index (χ1n) is 10.9. The second-order valence-corrected chi connectivity index (χ2v) is 8.45. The van der Waals surface area contributed by atoms with Crippen molar-refractivity contribution < 1.29 is 0 Å². The molecule has 0 N–H and O–H groups in total. The predicted octanol–water partition coefficient (Wildman–Crippen LogP) is 2.55. The van der Waals surface area contributed by atoms with Crippen molar-refractivity contribution in [2.75, 3.05) is 6.54 Å². The topological polar surface area (TPSA) is 65.1 Å². The van der Waals surface area contributed by atoms with Crippen molar-refractivity contribution in [2.45, 2.75) is 58.7 Å². The molecule has 1 atom stereocenters. The zero-order chi connectivity index (χ0) is 21.4. The van der Waals surface area contributed by atoms with Crippen molar-refractivity contribution >= 4 is 11.2 Å². The highest BCUT2D eigenvalue weighted by atomic mass is 16.2. The monoisotopic (exact) mass is 409 g/mol. The van der Waals surface area contributed by atoms with E-state index in [2.05, 4.69) is 30.9 Å². The number of hydrogen-bond acceptors (Lipinski definition) is 4. The number of fused-ring (bicyclic) bond motifs is 1. The van der Waals surface area contributed by atoms with E-state index >= 15 is 0 Å². The lowest BCUT2D eigenvalue weighted by Crippen LogP contribution is -2.39. The third kappa shape index (κ3) is 3.51. The van der Waals surface area contributed by atoms with Crippen LogP contribution in [-0.2, 0) is 27.2 Å². The highest BCUT2D eigenvalue weighted by Crippen LogP contribution is 2.23. The summed E-state index contributed by atoms with van der Waals surface area (Å²) in [6.45, 7) is 6.62. The highest BCUT2D eigenvalue weighted by Gasteiger charge is 2.25. The van der Waals surface area contributed by atoms with E-state index in [-0.39, 0.29) is 11.2 Å². The number of benzene rings is 1. The molecule has 0 bridgehead atoms. The van der Waals surface area contributed by atoms with Gasteiger partial charge in [0.25, 0.3) is 5.56 Å². The van der Waals surface area contributed by atoms with Gasteiger partial charge in [-0.05, 0) is 43.9 Å². The van der Waals surface area contributed by atoms with E-state index in [0.29, 0.717) is 30.3 Å². The normalized spacial score (nSPS) is 17.7. The van der Waals surface area contributed by atoms with Gasteiger partial charge in [0.1, 0.15) is 5.82 Å². The Hall–Kier alpha value is -2.67. The fourth-order valence-electron chi connectivity index (χ4n) is 4.65. The molecule has 0 aliphatic carbocycles. The number of imidazole rings is 1. The Balaban J connectivity index is 1.89. The first kappa shape index (κ1) is 20.6. The fourth-order valence-corrected chi connectivity index (χ4v) is 4.65. The molecule has 0 amide bonds. The van der Waals surface area contributed by atoms with Crippen LogP contribution in [0.2, 0.25) is 0 Å². The summed E-state index contributed by atoms with van der Waals surface area (Å²) >= 11 is 0. The molecule has 1 aliphatic heterocycles. The van der Waals surface area contributed by atoms with Crippen molar-refractivity contribution in [1.82, 2.24) is 23.6 Å². The van der Waals surface area contributed by atoms with E-state index in [4.69, 9.17) is 4.98 Å². The van der Waals surface area contributed by atoms with Crippen molar-refractivity contribution in [1.29, 1.82) is 0 Å². The van der Waals surface area contributed by atoms with Gasteiger partial charge >= 0.3 is 5.69 Å². The van der Waals surface area contributed by atoms with Crippen molar-refractivity contribution in [3.63, 3.8) is 0 Å². The molecule has 0 unspecified atom stereocenters. The number of piperidine rings is 1. The summed E-state index contributed by atoms with van der Waals surface area (Å²) in [5, 5.41) is 0. The molecule has 160 valence electrons. The smallest absolute Gasteiger partial charge is 0.317 e.